The molecule has 0 unspecified atom stereocenters. The number of thiocarbonyl (C=S) groups is 1. The number of hydrogen-bond acceptors (Lipinski definition) is 3. The van der Waals surface area contributed by atoms with Gasteiger partial charge in [-0.05, 0) is 36.0 Å². The van der Waals surface area contributed by atoms with Crippen LogP contribution >= 0.6 is 24.0 Å². The predicted molar refractivity (Wildman–Crippen MR) is 107 cm³/mol. The minimum absolute atomic E-state index is 0.252. The van der Waals surface area contributed by atoms with Crippen molar-refractivity contribution in [3.8, 4) is 0 Å². The second kappa shape index (κ2) is 7.85. The quantitative estimate of drug-likeness (QED) is 0.418. The lowest BCUT2D eigenvalue weighted by Crippen LogP contribution is -3.14. The fourth-order valence-electron chi connectivity index (χ4n) is 3.83. The van der Waals surface area contributed by atoms with Crippen molar-refractivity contribution < 1.29 is 4.90 Å². The van der Waals surface area contributed by atoms with Crippen LogP contribution in [0.25, 0.3) is 0 Å². The normalized spacial score (nSPS) is 28.2. The lowest BCUT2D eigenvalue weighted by Gasteiger charge is -2.46. The summed E-state index contributed by atoms with van der Waals surface area (Å²) in [7, 11) is 0. The predicted octanol–water partition coefficient (Wildman–Crippen LogP) is 1.18. The van der Waals surface area contributed by atoms with Crippen LogP contribution in [-0.2, 0) is 5.41 Å². The highest BCUT2D eigenvalue weighted by molar-refractivity contribution is 7.99. The third-order valence-corrected chi connectivity index (χ3v) is 6.35. The van der Waals surface area contributed by atoms with E-state index in [4.69, 9.17) is 18.0 Å². The monoisotopic (exact) mass is 363 g/mol. The number of nitrogens with zero attached hydrogens (tertiary/aromatic N) is 1. The molecule has 3 rings (SSSR count). The lowest BCUT2D eigenvalue weighted by molar-refractivity contribution is -0.887. The maximum atomic E-state index is 5.58. The summed E-state index contributed by atoms with van der Waals surface area (Å²) >= 11 is 6.98. The van der Waals surface area contributed by atoms with Gasteiger partial charge in [0.2, 0.25) is 0 Å². The molecule has 0 bridgehead atoms. The van der Waals surface area contributed by atoms with Gasteiger partial charge in [0.25, 0.3) is 0 Å². The highest BCUT2D eigenvalue weighted by atomic mass is 32.2. The van der Waals surface area contributed by atoms with E-state index >= 15 is 0 Å². The number of thioether (sulfide) groups is 1. The second-order valence-electron chi connectivity index (χ2n) is 7.15. The summed E-state index contributed by atoms with van der Waals surface area (Å²) < 4.78 is 0. The summed E-state index contributed by atoms with van der Waals surface area (Å²) in [6.07, 6.45) is 2.30. The molecule has 1 aromatic rings. The largest absolute Gasteiger partial charge is 0.375 e. The molecule has 6 heteroatoms. The molecule has 0 amide bonds. The fraction of sp³-hybridized carbons (Fsp3) is 0.556. The number of benzene rings is 1. The number of rotatable bonds is 5. The first kappa shape index (κ1) is 17.7. The highest BCUT2D eigenvalue weighted by Crippen LogP contribution is 2.47. The maximum Gasteiger partial charge on any atom is 0.184 e. The Hall–Kier alpha value is -1.11. The molecule has 1 saturated carbocycles. The van der Waals surface area contributed by atoms with Crippen LogP contribution in [0.2, 0.25) is 0 Å². The molecule has 1 saturated heterocycles. The van der Waals surface area contributed by atoms with Crippen LogP contribution in [0.5, 0.6) is 0 Å². The average Bonchev–Trinajstić information content (AvgIpc) is 2.57. The smallest absolute Gasteiger partial charge is 0.184 e. The van der Waals surface area contributed by atoms with Gasteiger partial charge in [-0.25, -0.2) is 0 Å². The molecule has 1 heterocycles. The Kier molecular flexibility index (Phi) is 5.79. The molecule has 4 N–H and O–H groups in total. The molecule has 4 nitrogen and oxygen atoms in total. The summed E-state index contributed by atoms with van der Waals surface area (Å²) in [5.41, 5.74) is 11.3. The van der Waals surface area contributed by atoms with E-state index in [1.54, 1.807) is 4.90 Å². The van der Waals surface area contributed by atoms with Gasteiger partial charge in [0.1, 0.15) is 6.54 Å². The Labute approximate surface area is 154 Å². The van der Waals surface area contributed by atoms with Crippen molar-refractivity contribution >= 4 is 34.8 Å². The van der Waals surface area contributed by atoms with E-state index in [-0.39, 0.29) is 10.5 Å². The van der Waals surface area contributed by atoms with E-state index in [9.17, 15) is 0 Å². The van der Waals surface area contributed by atoms with Crippen molar-refractivity contribution in [3.05, 3.63) is 35.9 Å². The van der Waals surface area contributed by atoms with Crippen LogP contribution in [0.4, 0.5) is 0 Å². The minimum atomic E-state index is 0.252. The van der Waals surface area contributed by atoms with Crippen molar-refractivity contribution in [3.63, 3.8) is 0 Å². The fourth-order valence-corrected chi connectivity index (χ4v) is 4.95. The zero-order valence-corrected chi connectivity index (χ0v) is 15.9. The van der Waals surface area contributed by atoms with Crippen molar-refractivity contribution in [2.75, 3.05) is 31.1 Å². The summed E-state index contributed by atoms with van der Waals surface area (Å²) in [5.74, 6) is 3.02. The molecular weight excluding hydrogens is 336 g/mol. The Morgan fingerprint density at radius 1 is 1.33 bits per heavy atom. The molecule has 24 heavy (non-hydrogen) atoms. The van der Waals surface area contributed by atoms with Gasteiger partial charge in [-0.3, -0.25) is 5.43 Å². The van der Waals surface area contributed by atoms with E-state index in [1.165, 1.54) is 35.9 Å². The topological polar surface area (TPSA) is 54.8 Å². The highest BCUT2D eigenvalue weighted by Gasteiger charge is 2.44. The lowest BCUT2D eigenvalue weighted by atomic mass is 9.58. The van der Waals surface area contributed by atoms with Gasteiger partial charge >= 0.3 is 0 Å². The van der Waals surface area contributed by atoms with Gasteiger partial charge in [-0.15, -0.1) is 0 Å². The van der Waals surface area contributed by atoms with Crippen LogP contribution < -0.4 is 16.1 Å². The first-order valence-corrected chi connectivity index (χ1v) is 10.2. The third kappa shape index (κ3) is 4.29. The molecule has 2 fully saturated rings. The van der Waals surface area contributed by atoms with Crippen molar-refractivity contribution in [2.24, 2.45) is 16.8 Å². The molecular formula is C18H27N4S2+. The first-order chi connectivity index (χ1) is 11.6. The molecule has 130 valence electrons. The van der Waals surface area contributed by atoms with E-state index < -0.39 is 0 Å². The third-order valence-electron chi connectivity index (χ3n) is 5.28. The molecule has 1 aromatic carbocycles. The van der Waals surface area contributed by atoms with Gasteiger partial charge in [-0.2, -0.15) is 16.9 Å². The number of hydrogen-bond donors (Lipinski definition) is 3. The molecule has 0 spiro atoms. The Morgan fingerprint density at radius 2 is 2.00 bits per heavy atom. The van der Waals surface area contributed by atoms with Crippen molar-refractivity contribution in [1.29, 1.82) is 0 Å². The van der Waals surface area contributed by atoms with Crippen LogP contribution in [0.1, 0.15) is 25.3 Å². The molecule has 1 aliphatic carbocycles. The maximum absolute atomic E-state index is 5.58. The summed E-state index contributed by atoms with van der Waals surface area (Å²) in [6.45, 7) is 5.81. The van der Waals surface area contributed by atoms with Crippen LogP contribution in [0.15, 0.2) is 35.4 Å². The first-order valence-electron chi connectivity index (χ1n) is 8.65. The summed E-state index contributed by atoms with van der Waals surface area (Å²) in [5, 5.41) is 4.82. The van der Waals surface area contributed by atoms with E-state index in [0.29, 0.717) is 5.92 Å². The minimum Gasteiger partial charge on any atom is -0.375 e. The van der Waals surface area contributed by atoms with E-state index in [0.717, 1.165) is 19.4 Å². The molecule has 0 atom stereocenters. The molecule has 0 aromatic heterocycles. The van der Waals surface area contributed by atoms with Gasteiger partial charge in [0.05, 0.1) is 18.8 Å². The second-order valence-corrected chi connectivity index (χ2v) is 8.81. The molecule has 0 radical (unpaired) electrons. The van der Waals surface area contributed by atoms with Crippen LogP contribution in [0, 0.1) is 5.92 Å². The Morgan fingerprint density at radius 3 is 2.62 bits per heavy atom. The van der Waals surface area contributed by atoms with Gasteiger partial charge in [0, 0.05) is 17.4 Å². The molecule has 2 aliphatic rings. The SMILES string of the molecule is CC1(c2ccccc2)CC(/C(C[NH+]2CCSCC2)=N\NC(N)=S)C1. The molecule has 1 aliphatic heterocycles. The van der Waals surface area contributed by atoms with Crippen LogP contribution in [0.3, 0.4) is 0 Å². The number of nitrogens with one attached hydrogen (secondary N) is 2. The van der Waals surface area contributed by atoms with Crippen molar-refractivity contribution in [2.45, 2.75) is 25.2 Å². The Balaban J connectivity index is 1.66. The average molecular weight is 364 g/mol. The summed E-state index contributed by atoms with van der Waals surface area (Å²) in [4.78, 5) is 1.63. The summed E-state index contributed by atoms with van der Waals surface area (Å²) in [6, 6.07) is 10.8. The zero-order valence-electron chi connectivity index (χ0n) is 14.3. The zero-order chi connectivity index (χ0) is 17.0. The number of quaternary nitrogens is 1. The van der Waals surface area contributed by atoms with Gasteiger partial charge in [0.15, 0.2) is 5.11 Å². The van der Waals surface area contributed by atoms with Crippen LogP contribution in [-0.4, -0.2) is 42.0 Å². The number of nitrogens with two attached hydrogens (primary N) is 1. The van der Waals surface area contributed by atoms with Gasteiger partial charge in [-0.1, -0.05) is 37.3 Å². The van der Waals surface area contributed by atoms with Gasteiger partial charge < -0.3 is 10.6 Å². The number of hydrazone groups is 1. The Bertz CT molecular complexity index is 590. The standard InChI is InChI=1S/C18H26N4S2/c1-18(15-5-3-2-4-6-15)11-14(12-18)16(20-21-17(19)23)13-22-7-9-24-10-8-22/h2-6,14H,7-13H2,1H3,(H3,19,21,23)/p+1/b20-16-. The van der Waals surface area contributed by atoms with E-state index in [1.807, 2.05) is 0 Å². The van der Waals surface area contributed by atoms with E-state index in [2.05, 4.69) is 59.5 Å². The van der Waals surface area contributed by atoms with Crippen molar-refractivity contribution in [1.82, 2.24) is 5.43 Å².